The minimum Gasteiger partial charge on any atom is -0.373 e. The van der Waals surface area contributed by atoms with E-state index >= 15 is 0 Å². The largest absolute Gasteiger partial charge is 0.373 e. The SMILES string of the molecule is Cc1cc(C)nc(NC2CC3CCC2O3)n1. The Labute approximate surface area is 95.4 Å². The topological polar surface area (TPSA) is 47.0 Å². The fourth-order valence-electron chi connectivity index (χ4n) is 2.75. The fourth-order valence-corrected chi connectivity index (χ4v) is 2.75. The Balaban J connectivity index is 1.74. The van der Waals surface area contributed by atoms with Gasteiger partial charge in [-0.15, -0.1) is 0 Å². The molecule has 3 rings (SSSR count). The molecule has 0 saturated carbocycles. The predicted molar refractivity (Wildman–Crippen MR) is 61.4 cm³/mol. The predicted octanol–water partition coefficient (Wildman–Crippen LogP) is 1.83. The van der Waals surface area contributed by atoms with Crippen molar-refractivity contribution in [1.82, 2.24) is 9.97 Å². The van der Waals surface area contributed by atoms with Crippen molar-refractivity contribution >= 4 is 5.95 Å². The second-order valence-electron chi connectivity index (χ2n) is 4.83. The third-order valence-corrected chi connectivity index (χ3v) is 3.40. The van der Waals surface area contributed by atoms with Crippen LogP contribution in [0.5, 0.6) is 0 Å². The lowest BCUT2D eigenvalue weighted by Crippen LogP contribution is -2.31. The Hall–Kier alpha value is -1.16. The van der Waals surface area contributed by atoms with Crippen LogP contribution in [0, 0.1) is 13.8 Å². The highest BCUT2D eigenvalue weighted by molar-refractivity contribution is 5.30. The smallest absolute Gasteiger partial charge is 0.223 e. The van der Waals surface area contributed by atoms with E-state index in [2.05, 4.69) is 15.3 Å². The first-order valence-corrected chi connectivity index (χ1v) is 5.95. The van der Waals surface area contributed by atoms with Crippen molar-refractivity contribution in [2.24, 2.45) is 0 Å². The summed E-state index contributed by atoms with van der Waals surface area (Å²) in [5.74, 6) is 0.749. The lowest BCUT2D eigenvalue weighted by atomic mass is 9.96. The number of fused-ring (bicyclic) bond motifs is 2. The van der Waals surface area contributed by atoms with Crippen LogP contribution in [0.4, 0.5) is 5.95 Å². The van der Waals surface area contributed by atoms with Gasteiger partial charge >= 0.3 is 0 Å². The Bertz CT molecular complexity index is 387. The maximum Gasteiger partial charge on any atom is 0.223 e. The Morgan fingerprint density at radius 3 is 2.56 bits per heavy atom. The summed E-state index contributed by atoms with van der Waals surface area (Å²) < 4.78 is 5.80. The Morgan fingerprint density at radius 2 is 2.00 bits per heavy atom. The van der Waals surface area contributed by atoms with Crippen LogP contribution in [0.15, 0.2) is 6.07 Å². The molecule has 2 aliphatic rings. The lowest BCUT2D eigenvalue weighted by Gasteiger charge is -2.20. The van der Waals surface area contributed by atoms with Gasteiger partial charge in [0.25, 0.3) is 0 Å². The molecule has 1 N–H and O–H groups in total. The minimum absolute atomic E-state index is 0.370. The van der Waals surface area contributed by atoms with Gasteiger partial charge in [-0.3, -0.25) is 0 Å². The second-order valence-corrected chi connectivity index (χ2v) is 4.83. The fraction of sp³-hybridized carbons (Fsp3) is 0.667. The first kappa shape index (κ1) is 10.0. The number of nitrogens with zero attached hydrogens (tertiary/aromatic N) is 2. The number of anilines is 1. The van der Waals surface area contributed by atoms with Gasteiger partial charge in [-0.1, -0.05) is 0 Å². The van der Waals surface area contributed by atoms with Crippen LogP contribution in [0.3, 0.4) is 0 Å². The van der Waals surface area contributed by atoms with Gasteiger partial charge in [0.05, 0.1) is 18.2 Å². The van der Waals surface area contributed by atoms with Crippen LogP contribution in [-0.2, 0) is 4.74 Å². The normalized spacial score (nSPS) is 32.0. The summed E-state index contributed by atoms with van der Waals surface area (Å²) in [5.41, 5.74) is 2.03. The average molecular weight is 219 g/mol. The number of rotatable bonds is 2. The molecular formula is C12H17N3O. The molecule has 2 saturated heterocycles. The maximum absolute atomic E-state index is 5.80. The summed E-state index contributed by atoms with van der Waals surface area (Å²) in [6.45, 7) is 3.99. The molecule has 2 bridgehead atoms. The zero-order valence-electron chi connectivity index (χ0n) is 9.73. The molecule has 2 fully saturated rings. The number of aryl methyl sites for hydroxylation is 2. The monoisotopic (exact) mass is 219 g/mol. The van der Waals surface area contributed by atoms with Crippen LogP contribution < -0.4 is 5.32 Å². The van der Waals surface area contributed by atoms with E-state index in [0.717, 1.165) is 23.8 Å². The van der Waals surface area contributed by atoms with E-state index in [-0.39, 0.29) is 0 Å². The van der Waals surface area contributed by atoms with Gasteiger partial charge in [-0.05, 0) is 39.2 Å². The van der Waals surface area contributed by atoms with Crippen molar-refractivity contribution in [2.75, 3.05) is 5.32 Å². The van der Waals surface area contributed by atoms with E-state index in [1.54, 1.807) is 0 Å². The van der Waals surface area contributed by atoms with Gasteiger partial charge in [-0.25, -0.2) is 9.97 Å². The van der Waals surface area contributed by atoms with E-state index in [4.69, 9.17) is 4.74 Å². The molecule has 16 heavy (non-hydrogen) atoms. The number of nitrogens with one attached hydrogen (secondary N) is 1. The first-order chi connectivity index (χ1) is 7.70. The van der Waals surface area contributed by atoms with Crippen molar-refractivity contribution < 1.29 is 4.74 Å². The van der Waals surface area contributed by atoms with Gasteiger partial charge < -0.3 is 10.1 Å². The molecule has 0 aromatic carbocycles. The summed E-state index contributed by atoms with van der Waals surface area (Å²) in [5, 5.41) is 3.41. The van der Waals surface area contributed by atoms with Gasteiger partial charge in [-0.2, -0.15) is 0 Å². The Kier molecular flexibility index (Phi) is 2.32. The standard InChI is InChI=1S/C12H17N3O/c1-7-5-8(2)14-12(13-7)15-10-6-9-3-4-11(10)16-9/h5,9-11H,3-4,6H2,1-2H3,(H,13,14,15). The molecule has 0 amide bonds. The van der Waals surface area contributed by atoms with Crippen LogP contribution in [0.1, 0.15) is 30.7 Å². The maximum atomic E-state index is 5.80. The molecule has 86 valence electrons. The van der Waals surface area contributed by atoms with Gasteiger partial charge in [0, 0.05) is 11.4 Å². The summed E-state index contributed by atoms with van der Waals surface area (Å²) in [7, 11) is 0. The minimum atomic E-state index is 0.370. The van der Waals surface area contributed by atoms with E-state index in [1.807, 2.05) is 19.9 Å². The molecule has 3 atom stereocenters. The number of hydrogen-bond acceptors (Lipinski definition) is 4. The van der Waals surface area contributed by atoms with Gasteiger partial charge in [0.2, 0.25) is 5.95 Å². The summed E-state index contributed by atoms with van der Waals surface area (Å²) >= 11 is 0. The molecule has 0 radical (unpaired) electrons. The molecular weight excluding hydrogens is 202 g/mol. The summed E-state index contributed by atoms with van der Waals surface area (Å²) in [4.78, 5) is 8.81. The van der Waals surface area contributed by atoms with Crippen molar-refractivity contribution in [3.05, 3.63) is 17.5 Å². The van der Waals surface area contributed by atoms with Crippen molar-refractivity contribution in [3.8, 4) is 0 Å². The zero-order chi connectivity index (χ0) is 11.1. The molecule has 4 heteroatoms. The number of hydrogen-bond donors (Lipinski definition) is 1. The molecule has 4 nitrogen and oxygen atoms in total. The van der Waals surface area contributed by atoms with Crippen molar-refractivity contribution in [2.45, 2.75) is 51.4 Å². The molecule has 0 spiro atoms. The van der Waals surface area contributed by atoms with E-state index in [9.17, 15) is 0 Å². The van der Waals surface area contributed by atoms with E-state index < -0.39 is 0 Å². The average Bonchev–Trinajstić information content (AvgIpc) is 2.77. The Morgan fingerprint density at radius 1 is 1.25 bits per heavy atom. The van der Waals surface area contributed by atoms with Crippen LogP contribution in [0.2, 0.25) is 0 Å². The lowest BCUT2D eigenvalue weighted by molar-refractivity contribution is 0.102. The summed E-state index contributed by atoms with van der Waals surface area (Å²) in [6.07, 6.45) is 4.33. The van der Waals surface area contributed by atoms with Gasteiger partial charge in [0.1, 0.15) is 0 Å². The van der Waals surface area contributed by atoms with Crippen LogP contribution >= 0.6 is 0 Å². The quantitative estimate of drug-likeness (QED) is 0.824. The molecule has 2 aliphatic heterocycles. The number of ether oxygens (including phenoxy) is 1. The zero-order valence-corrected chi connectivity index (χ0v) is 9.73. The third-order valence-electron chi connectivity index (χ3n) is 3.40. The number of aromatic nitrogens is 2. The molecule has 3 heterocycles. The van der Waals surface area contributed by atoms with Crippen molar-refractivity contribution in [1.29, 1.82) is 0 Å². The second kappa shape index (κ2) is 3.70. The third kappa shape index (κ3) is 1.78. The molecule has 3 unspecified atom stereocenters. The highest BCUT2D eigenvalue weighted by Gasteiger charge is 2.40. The van der Waals surface area contributed by atoms with Gasteiger partial charge in [0.15, 0.2) is 0 Å². The van der Waals surface area contributed by atoms with Crippen LogP contribution in [-0.4, -0.2) is 28.2 Å². The van der Waals surface area contributed by atoms with Crippen LogP contribution in [0.25, 0.3) is 0 Å². The highest BCUT2D eigenvalue weighted by Crippen LogP contribution is 2.35. The molecule has 0 aliphatic carbocycles. The summed E-state index contributed by atoms with van der Waals surface area (Å²) in [6, 6.07) is 2.39. The van der Waals surface area contributed by atoms with E-state index in [0.29, 0.717) is 18.2 Å². The molecule has 1 aromatic heterocycles. The highest BCUT2D eigenvalue weighted by atomic mass is 16.5. The van der Waals surface area contributed by atoms with E-state index in [1.165, 1.54) is 12.8 Å². The first-order valence-electron chi connectivity index (χ1n) is 5.95. The molecule has 1 aromatic rings. The van der Waals surface area contributed by atoms with Crippen molar-refractivity contribution in [3.63, 3.8) is 0 Å².